The lowest BCUT2D eigenvalue weighted by molar-refractivity contribution is -0.147. The summed E-state index contributed by atoms with van der Waals surface area (Å²) in [5, 5.41) is 0. The topological polar surface area (TPSA) is 78.6 Å². The number of amides is 1. The summed E-state index contributed by atoms with van der Waals surface area (Å²) < 4.78 is 9.79. The molecule has 86 valence electrons. The molecule has 1 aromatic carbocycles. The van der Waals surface area contributed by atoms with Crippen LogP contribution >= 0.6 is 0 Å². The summed E-state index contributed by atoms with van der Waals surface area (Å²) in [7, 11) is 1.27. The molecular weight excluding hydrogens is 210 g/mol. The maximum atomic E-state index is 11.1. The number of hydrogen-bond acceptors (Lipinski definition) is 4. The van der Waals surface area contributed by atoms with Gasteiger partial charge in [0.25, 0.3) is 5.91 Å². The number of carbonyl (C=O) groups is 2. The fourth-order valence-corrected chi connectivity index (χ4v) is 1.18. The normalized spacial score (nSPS) is 11.6. The highest BCUT2D eigenvalue weighted by atomic mass is 16.6. The molecule has 0 heterocycles. The number of nitrogens with two attached hydrogens (primary N) is 1. The molecule has 0 aliphatic rings. The summed E-state index contributed by atoms with van der Waals surface area (Å²) in [6.07, 6.45) is -0.787. The van der Waals surface area contributed by atoms with Crippen LogP contribution in [0.15, 0.2) is 24.3 Å². The Bertz CT molecular complexity index is 403. The molecule has 1 atom stereocenters. The van der Waals surface area contributed by atoms with E-state index in [1.165, 1.54) is 20.1 Å². The first-order valence-corrected chi connectivity index (χ1v) is 4.69. The second-order valence-electron chi connectivity index (χ2n) is 3.14. The van der Waals surface area contributed by atoms with Gasteiger partial charge >= 0.3 is 5.97 Å². The van der Waals surface area contributed by atoms with Crippen LogP contribution in [-0.4, -0.2) is 25.1 Å². The largest absolute Gasteiger partial charge is 0.478 e. The van der Waals surface area contributed by atoms with Crippen LogP contribution in [-0.2, 0) is 9.53 Å². The Morgan fingerprint density at radius 3 is 2.50 bits per heavy atom. The van der Waals surface area contributed by atoms with Gasteiger partial charge in [-0.05, 0) is 19.1 Å². The Hall–Kier alpha value is -2.04. The number of methoxy groups -OCH3 is 1. The van der Waals surface area contributed by atoms with E-state index in [9.17, 15) is 9.59 Å². The number of ether oxygens (including phenoxy) is 2. The summed E-state index contributed by atoms with van der Waals surface area (Å²) in [6, 6.07) is 6.45. The molecular formula is C11H13NO4. The molecule has 1 rings (SSSR count). The van der Waals surface area contributed by atoms with Crippen molar-refractivity contribution in [2.24, 2.45) is 5.73 Å². The van der Waals surface area contributed by atoms with E-state index < -0.39 is 18.0 Å². The van der Waals surface area contributed by atoms with E-state index in [0.29, 0.717) is 0 Å². The standard InChI is InChI=1S/C11H13NO4/c1-7(11(14)15-2)16-9-6-4-3-5-8(9)10(12)13/h3-7H,1-2H3,(H2,12,13). The van der Waals surface area contributed by atoms with Gasteiger partial charge in [0.2, 0.25) is 0 Å². The molecule has 1 unspecified atom stereocenters. The highest BCUT2D eigenvalue weighted by Crippen LogP contribution is 2.18. The van der Waals surface area contributed by atoms with Gasteiger partial charge in [-0.25, -0.2) is 4.79 Å². The van der Waals surface area contributed by atoms with Crippen LogP contribution < -0.4 is 10.5 Å². The predicted octanol–water partition coefficient (Wildman–Crippen LogP) is 0.726. The number of benzene rings is 1. The predicted molar refractivity (Wildman–Crippen MR) is 57.1 cm³/mol. The van der Waals surface area contributed by atoms with Crippen molar-refractivity contribution in [1.29, 1.82) is 0 Å². The Labute approximate surface area is 93.1 Å². The fourth-order valence-electron chi connectivity index (χ4n) is 1.18. The van der Waals surface area contributed by atoms with Crippen molar-refractivity contribution < 1.29 is 19.1 Å². The average molecular weight is 223 g/mol. The Morgan fingerprint density at radius 2 is 1.94 bits per heavy atom. The number of para-hydroxylation sites is 1. The molecule has 1 aromatic rings. The van der Waals surface area contributed by atoms with E-state index >= 15 is 0 Å². The third-order valence-electron chi connectivity index (χ3n) is 1.99. The number of primary amides is 1. The third kappa shape index (κ3) is 2.73. The summed E-state index contributed by atoms with van der Waals surface area (Å²) in [4.78, 5) is 22.2. The van der Waals surface area contributed by atoms with E-state index in [1.807, 2.05) is 0 Å². The van der Waals surface area contributed by atoms with E-state index in [4.69, 9.17) is 10.5 Å². The Kier molecular flexibility index (Phi) is 3.88. The lowest BCUT2D eigenvalue weighted by Gasteiger charge is -2.14. The van der Waals surface area contributed by atoms with Crippen molar-refractivity contribution >= 4 is 11.9 Å². The van der Waals surface area contributed by atoms with Gasteiger partial charge in [-0.1, -0.05) is 12.1 Å². The highest BCUT2D eigenvalue weighted by Gasteiger charge is 2.17. The van der Waals surface area contributed by atoms with Gasteiger partial charge < -0.3 is 15.2 Å². The fraction of sp³-hybridized carbons (Fsp3) is 0.273. The first kappa shape index (κ1) is 12.0. The van der Waals surface area contributed by atoms with Crippen molar-refractivity contribution in [1.82, 2.24) is 0 Å². The van der Waals surface area contributed by atoms with E-state index in [-0.39, 0.29) is 11.3 Å². The van der Waals surface area contributed by atoms with Gasteiger partial charge in [-0.15, -0.1) is 0 Å². The monoisotopic (exact) mass is 223 g/mol. The smallest absolute Gasteiger partial charge is 0.346 e. The Morgan fingerprint density at radius 1 is 1.31 bits per heavy atom. The lowest BCUT2D eigenvalue weighted by Crippen LogP contribution is -2.26. The van der Waals surface area contributed by atoms with Crippen molar-refractivity contribution in [3.05, 3.63) is 29.8 Å². The van der Waals surface area contributed by atoms with Gasteiger partial charge in [-0.2, -0.15) is 0 Å². The van der Waals surface area contributed by atoms with Crippen molar-refractivity contribution in [3.63, 3.8) is 0 Å². The molecule has 0 fully saturated rings. The lowest BCUT2D eigenvalue weighted by atomic mass is 10.2. The van der Waals surface area contributed by atoms with Gasteiger partial charge in [0.1, 0.15) is 5.75 Å². The molecule has 0 aliphatic heterocycles. The number of rotatable bonds is 4. The molecule has 5 heteroatoms. The molecule has 0 aliphatic carbocycles. The quantitative estimate of drug-likeness (QED) is 0.763. The van der Waals surface area contributed by atoms with E-state index in [0.717, 1.165) is 0 Å². The van der Waals surface area contributed by atoms with Crippen LogP contribution in [0.4, 0.5) is 0 Å². The minimum atomic E-state index is -0.787. The minimum Gasteiger partial charge on any atom is -0.478 e. The molecule has 0 radical (unpaired) electrons. The minimum absolute atomic E-state index is 0.234. The van der Waals surface area contributed by atoms with Crippen LogP contribution in [0.1, 0.15) is 17.3 Å². The third-order valence-corrected chi connectivity index (χ3v) is 1.99. The maximum Gasteiger partial charge on any atom is 0.346 e. The zero-order valence-corrected chi connectivity index (χ0v) is 9.10. The summed E-state index contributed by atoms with van der Waals surface area (Å²) in [5.74, 6) is -0.847. The van der Waals surface area contributed by atoms with Gasteiger partial charge in [-0.3, -0.25) is 4.79 Å². The summed E-state index contributed by atoms with van der Waals surface area (Å²) in [5.41, 5.74) is 5.40. The number of hydrogen-bond donors (Lipinski definition) is 1. The van der Waals surface area contributed by atoms with Crippen LogP contribution in [0, 0.1) is 0 Å². The molecule has 0 aromatic heterocycles. The molecule has 0 spiro atoms. The van der Waals surface area contributed by atoms with Gasteiger partial charge in [0, 0.05) is 0 Å². The molecule has 2 N–H and O–H groups in total. The van der Waals surface area contributed by atoms with Crippen LogP contribution in [0.3, 0.4) is 0 Å². The molecule has 5 nitrogen and oxygen atoms in total. The molecule has 16 heavy (non-hydrogen) atoms. The molecule has 0 saturated carbocycles. The van der Waals surface area contributed by atoms with E-state index in [1.54, 1.807) is 18.2 Å². The van der Waals surface area contributed by atoms with Crippen LogP contribution in [0.25, 0.3) is 0 Å². The summed E-state index contributed by atoms with van der Waals surface area (Å²) >= 11 is 0. The highest BCUT2D eigenvalue weighted by molar-refractivity contribution is 5.95. The zero-order chi connectivity index (χ0) is 12.1. The molecule has 1 amide bonds. The van der Waals surface area contributed by atoms with Crippen molar-refractivity contribution in [2.75, 3.05) is 7.11 Å². The maximum absolute atomic E-state index is 11.1. The second-order valence-corrected chi connectivity index (χ2v) is 3.14. The zero-order valence-electron chi connectivity index (χ0n) is 9.10. The first-order valence-electron chi connectivity index (χ1n) is 4.69. The SMILES string of the molecule is COC(=O)C(C)Oc1ccccc1C(N)=O. The van der Waals surface area contributed by atoms with Crippen molar-refractivity contribution in [3.8, 4) is 5.75 Å². The molecule has 0 bridgehead atoms. The van der Waals surface area contributed by atoms with Gasteiger partial charge in [0.15, 0.2) is 6.10 Å². The van der Waals surface area contributed by atoms with Gasteiger partial charge in [0.05, 0.1) is 12.7 Å². The van der Waals surface area contributed by atoms with E-state index in [2.05, 4.69) is 4.74 Å². The van der Waals surface area contributed by atoms with Crippen molar-refractivity contribution in [2.45, 2.75) is 13.0 Å². The van der Waals surface area contributed by atoms with Crippen LogP contribution in [0.2, 0.25) is 0 Å². The summed E-state index contributed by atoms with van der Waals surface area (Å²) in [6.45, 7) is 1.53. The van der Waals surface area contributed by atoms with Crippen LogP contribution in [0.5, 0.6) is 5.75 Å². The second kappa shape index (κ2) is 5.16. The number of esters is 1. The average Bonchev–Trinajstić information content (AvgIpc) is 2.28. The first-order chi connectivity index (χ1) is 7.56. The number of carbonyl (C=O) groups excluding carboxylic acids is 2. The Balaban J connectivity index is 2.88. The molecule has 0 saturated heterocycles.